The molecule has 2 fully saturated rings. The third-order valence-corrected chi connectivity index (χ3v) is 3.49. The molecule has 116 valence electrons. The molecule has 0 bridgehead atoms. The van der Waals surface area contributed by atoms with Crippen LogP contribution in [0.1, 0.15) is 25.7 Å². The number of nitrogens with one attached hydrogen (secondary N) is 2. The van der Waals surface area contributed by atoms with E-state index in [1.807, 2.05) is 0 Å². The molecule has 0 aromatic rings. The smallest absolute Gasteiger partial charge is 0.335 e. The Labute approximate surface area is 116 Å². The highest BCUT2D eigenvalue weighted by molar-refractivity contribution is 5.83. The molecule has 8 heteroatoms. The number of aliphatic hydroxyl groups is 2. The zero-order chi connectivity index (χ0) is 15.1. The van der Waals surface area contributed by atoms with Crippen LogP contribution >= 0.6 is 0 Å². The van der Waals surface area contributed by atoms with Crippen molar-refractivity contribution >= 4 is 11.9 Å². The van der Waals surface area contributed by atoms with Crippen molar-refractivity contribution in [2.75, 3.05) is 13.1 Å². The third kappa shape index (κ3) is 5.04. The third-order valence-electron chi connectivity index (χ3n) is 3.49. The van der Waals surface area contributed by atoms with E-state index in [0.29, 0.717) is 0 Å². The van der Waals surface area contributed by atoms with Crippen LogP contribution in [0.2, 0.25) is 0 Å². The minimum Gasteiger partial charge on any atom is -0.479 e. The van der Waals surface area contributed by atoms with Gasteiger partial charge in [0, 0.05) is 12.1 Å². The van der Waals surface area contributed by atoms with Gasteiger partial charge < -0.3 is 31.1 Å². The molecule has 2 saturated heterocycles. The fourth-order valence-electron chi connectivity index (χ4n) is 2.38. The summed E-state index contributed by atoms with van der Waals surface area (Å²) in [7, 11) is 0. The lowest BCUT2D eigenvalue weighted by atomic mass is 10.1. The van der Waals surface area contributed by atoms with Crippen LogP contribution in [0.15, 0.2) is 0 Å². The Balaban J connectivity index is 0.000000200. The summed E-state index contributed by atoms with van der Waals surface area (Å²) in [5, 5.41) is 39.6. The number of carboxylic acids is 2. The van der Waals surface area contributed by atoms with Gasteiger partial charge in [-0.25, -0.2) is 9.59 Å². The van der Waals surface area contributed by atoms with Crippen LogP contribution in [-0.4, -0.2) is 69.7 Å². The Kier molecular flexibility index (Phi) is 6.86. The summed E-state index contributed by atoms with van der Waals surface area (Å²) < 4.78 is 0. The predicted molar refractivity (Wildman–Crippen MR) is 69.3 cm³/mol. The van der Waals surface area contributed by atoms with E-state index in [0.717, 1.165) is 12.1 Å². The van der Waals surface area contributed by atoms with Crippen molar-refractivity contribution in [2.24, 2.45) is 0 Å². The zero-order valence-corrected chi connectivity index (χ0v) is 11.2. The van der Waals surface area contributed by atoms with Crippen LogP contribution in [0.5, 0.6) is 0 Å². The molecule has 2 rings (SSSR count). The number of aliphatic hydroxyl groups excluding tert-OH is 2. The van der Waals surface area contributed by atoms with E-state index in [4.69, 9.17) is 20.4 Å². The van der Waals surface area contributed by atoms with Gasteiger partial charge in [-0.15, -0.1) is 0 Å². The second-order valence-corrected chi connectivity index (χ2v) is 4.97. The molecule has 4 unspecified atom stereocenters. The van der Waals surface area contributed by atoms with Crippen LogP contribution in [0.3, 0.4) is 0 Å². The van der Waals surface area contributed by atoms with Gasteiger partial charge in [-0.2, -0.15) is 0 Å². The van der Waals surface area contributed by atoms with Crippen molar-refractivity contribution in [1.82, 2.24) is 10.6 Å². The molecule has 4 atom stereocenters. The minimum atomic E-state index is -2.27. The molecule has 0 aromatic carbocycles. The molecular weight excluding hydrogens is 268 g/mol. The minimum absolute atomic E-state index is 0.794. The summed E-state index contributed by atoms with van der Waals surface area (Å²) >= 11 is 0. The van der Waals surface area contributed by atoms with Gasteiger partial charge in [0.25, 0.3) is 0 Å². The molecule has 0 aromatic heterocycles. The van der Waals surface area contributed by atoms with Crippen molar-refractivity contribution in [1.29, 1.82) is 0 Å². The highest BCUT2D eigenvalue weighted by Crippen LogP contribution is 2.16. The fourth-order valence-corrected chi connectivity index (χ4v) is 2.38. The largest absolute Gasteiger partial charge is 0.479 e. The van der Waals surface area contributed by atoms with Crippen molar-refractivity contribution in [2.45, 2.75) is 50.0 Å². The van der Waals surface area contributed by atoms with Crippen molar-refractivity contribution in [3.63, 3.8) is 0 Å². The van der Waals surface area contributed by atoms with Crippen LogP contribution in [-0.2, 0) is 9.59 Å². The Morgan fingerprint density at radius 1 is 0.850 bits per heavy atom. The normalized spacial score (nSPS) is 28.3. The van der Waals surface area contributed by atoms with E-state index in [-0.39, 0.29) is 0 Å². The van der Waals surface area contributed by atoms with E-state index < -0.39 is 24.1 Å². The lowest BCUT2D eigenvalue weighted by Crippen LogP contribution is -2.40. The van der Waals surface area contributed by atoms with E-state index >= 15 is 0 Å². The first-order chi connectivity index (χ1) is 9.43. The SMILES string of the molecule is C1CNC(C2CCCN2)C1.O=C(O)C(O)C(O)C(=O)O. The molecule has 8 nitrogen and oxygen atoms in total. The molecule has 2 heterocycles. The Morgan fingerprint density at radius 3 is 1.40 bits per heavy atom. The predicted octanol–water partition coefficient (Wildman–Crippen LogP) is -1.63. The fraction of sp³-hybridized carbons (Fsp3) is 0.833. The highest BCUT2D eigenvalue weighted by Gasteiger charge is 2.29. The highest BCUT2D eigenvalue weighted by atomic mass is 16.4. The monoisotopic (exact) mass is 290 g/mol. The summed E-state index contributed by atoms with van der Waals surface area (Å²) in [6.07, 6.45) is 0.996. The number of aliphatic carboxylic acids is 2. The van der Waals surface area contributed by atoms with Gasteiger partial charge in [-0.1, -0.05) is 0 Å². The number of hydrogen-bond donors (Lipinski definition) is 6. The Morgan fingerprint density at radius 2 is 1.20 bits per heavy atom. The molecule has 0 radical (unpaired) electrons. The van der Waals surface area contributed by atoms with E-state index in [9.17, 15) is 9.59 Å². The maximum absolute atomic E-state index is 9.77. The van der Waals surface area contributed by atoms with Gasteiger partial charge in [0.1, 0.15) is 0 Å². The second-order valence-electron chi connectivity index (χ2n) is 4.97. The zero-order valence-electron chi connectivity index (χ0n) is 11.2. The maximum atomic E-state index is 9.77. The summed E-state index contributed by atoms with van der Waals surface area (Å²) in [5.74, 6) is -3.54. The van der Waals surface area contributed by atoms with Gasteiger partial charge in [-0.05, 0) is 38.8 Å². The number of rotatable bonds is 4. The van der Waals surface area contributed by atoms with Crippen LogP contribution < -0.4 is 10.6 Å². The average molecular weight is 290 g/mol. The Hall–Kier alpha value is -1.22. The number of hydrogen-bond acceptors (Lipinski definition) is 6. The van der Waals surface area contributed by atoms with Gasteiger partial charge in [0.2, 0.25) is 0 Å². The average Bonchev–Trinajstić information content (AvgIpc) is 3.08. The van der Waals surface area contributed by atoms with Gasteiger partial charge in [0.15, 0.2) is 12.2 Å². The summed E-state index contributed by atoms with van der Waals surface area (Å²) in [6, 6.07) is 1.59. The first-order valence-electron chi connectivity index (χ1n) is 6.72. The Bertz CT molecular complexity index is 294. The molecule has 0 amide bonds. The van der Waals surface area contributed by atoms with Crippen LogP contribution in [0.25, 0.3) is 0 Å². The van der Waals surface area contributed by atoms with E-state index in [2.05, 4.69) is 10.6 Å². The molecule has 2 aliphatic rings. The number of carboxylic acid groups (broad SMARTS) is 2. The first kappa shape index (κ1) is 16.8. The molecule has 0 aliphatic carbocycles. The van der Waals surface area contributed by atoms with Gasteiger partial charge >= 0.3 is 11.9 Å². The molecule has 6 N–H and O–H groups in total. The molecule has 0 spiro atoms. The summed E-state index contributed by atoms with van der Waals surface area (Å²) in [6.45, 7) is 2.48. The van der Waals surface area contributed by atoms with Crippen molar-refractivity contribution in [3.05, 3.63) is 0 Å². The van der Waals surface area contributed by atoms with E-state index in [1.54, 1.807) is 0 Å². The first-order valence-corrected chi connectivity index (χ1v) is 6.72. The standard InChI is InChI=1S/C8H16N2.C4H6O6/c1-3-7(9-5-1)8-4-2-6-10-8;5-1(3(7)8)2(6)4(9)10/h7-10H,1-6H2;1-2,5-6H,(H,7,8)(H,9,10). The molecule has 0 saturated carbocycles. The molecule has 2 aliphatic heterocycles. The molecular formula is C12H22N2O6. The van der Waals surface area contributed by atoms with Gasteiger partial charge in [0.05, 0.1) is 0 Å². The molecule has 20 heavy (non-hydrogen) atoms. The topological polar surface area (TPSA) is 139 Å². The second kappa shape index (κ2) is 8.15. The maximum Gasteiger partial charge on any atom is 0.335 e. The quantitative estimate of drug-likeness (QED) is 0.363. The van der Waals surface area contributed by atoms with Crippen molar-refractivity contribution in [3.8, 4) is 0 Å². The van der Waals surface area contributed by atoms with Crippen LogP contribution in [0, 0.1) is 0 Å². The van der Waals surface area contributed by atoms with E-state index in [1.165, 1.54) is 38.8 Å². The lowest BCUT2D eigenvalue weighted by Gasteiger charge is -2.17. The van der Waals surface area contributed by atoms with Crippen LogP contribution in [0.4, 0.5) is 0 Å². The van der Waals surface area contributed by atoms with Gasteiger partial charge in [-0.3, -0.25) is 0 Å². The summed E-state index contributed by atoms with van der Waals surface area (Å²) in [4.78, 5) is 19.5. The van der Waals surface area contributed by atoms with Crippen molar-refractivity contribution < 1.29 is 30.0 Å². The summed E-state index contributed by atoms with van der Waals surface area (Å²) in [5.41, 5.74) is 0. The number of carbonyl (C=O) groups is 2. The lowest BCUT2D eigenvalue weighted by molar-refractivity contribution is -0.165.